The molecule has 0 unspecified atom stereocenters. The Morgan fingerprint density at radius 3 is 3.00 bits per heavy atom. The molecule has 4 nitrogen and oxygen atoms in total. The summed E-state index contributed by atoms with van der Waals surface area (Å²) in [6.07, 6.45) is 7.15. The fourth-order valence-corrected chi connectivity index (χ4v) is 3.83. The number of hydrogen-bond acceptors (Lipinski definition) is 4. The molecule has 1 saturated carbocycles. The fourth-order valence-electron chi connectivity index (χ4n) is 2.61. The normalized spacial score (nSPS) is 22.7. The van der Waals surface area contributed by atoms with Crippen molar-refractivity contribution in [2.24, 2.45) is 0 Å². The molecule has 6 heteroatoms. The average Bonchev–Trinajstić information content (AvgIpc) is 2.46. The summed E-state index contributed by atoms with van der Waals surface area (Å²) in [5.74, 6) is 0. The summed E-state index contributed by atoms with van der Waals surface area (Å²) in [6.45, 7) is 0.694. The lowest BCUT2D eigenvalue weighted by atomic mass is 9.95. The first-order chi connectivity index (χ1) is 9.60. The number of halogens is 1. The molecule has 1 aromatic carbocycles. The molecule has 1 aromatic rings. The van der Waals surface area contributed by atoms with Crippen molar-refractivity contribution in [3.8, 4) is 0 Å². The van der Waals surface area contributed by atoms with Crippen LogP contribution in [0.4, 0.5) is 5.69 Å². The third kappa shape index (κ3) is 4.20. The molecule has 110 valence electrons. The van der Waals surface area contributed by atoms with Gasteiger partial charge >= 0.3 is 0 Å². The maximum Gasteiger partial charge on any atom is 0.283 e. The quantitative estimate of drug-likeness (QED) is 0.635. The highest BCUT2D eigenvalue weighted by Gasteiger charge is 2.21. The summed E-state index contributed by atoms with van der Waals surface area (Å²) < 4.78 is 0.534. The molecule has 2 rings (SSSR count). The van der Waals surface area contributed by atoms with Crippen LogP contribution in [0.3, 0.4) is 0 Å². The van der Waals surface area contributed by atoms with E-state index in [1.54, 1.807) is 12.1 Å². The van der Waals surface area contributed by atoms with Crippen LogP contribution in [0.2, 0.25) is 0 Å². The smallest absolute Gasteiger partial charge is 0.283 e. The topological polar surface area (TPSA) is 55.2 Å². The van der Waals surface area contributed by atoms with Crippen LogP contribution in [0, 0.1) is 10.1 Å². The third-order valence-corrected chi connectivity index (χ3v) is 5.53. The van der Waals surface area contributed by atoms with Gasteiger partial charge in [0.15, 0.2) is 0 Å². The van der Waals surface area contributed by atoms with Crippen molar-refractivity contribution < 1.29 is 4.92 Å². The maximum atomic E-state index is 10.9. The molecule has 0 bridgehead atoms. The van der Waals surface area contributed by atoms with Crippen LogP contribution in [0.1, 0.15) is 31.2 Å². The second kappa shape index (κ2) is 7.43. The predicted octanol–water partition coefficient (Wildman–Crippen LogP) is 4.12. The zero-order valence-corrected chi connectivity index (χ0v) is 13.9. The van der Waals surface area contributed by atoms with Gasteiger partial charge in [0.2, 0.25) is 0 Å². The molecule has 0 aliphatic heterocycles. The van der Waals surface area contributed by atoms with Gasteiger partial charge in [-0.1, -0.05) is 12.5 Å². The Hall–Kier alpha value is -0.590. The Bertz CT molecular complexity index is 484. The van der Waals surface area contributed by atoms with Gasteiger partial charge in [-0.2, -0.15) is 11.8 Å². The second-order valence-electron chi connectivity index (χ2n) is 5.15. The van der Waals surface area contributed by atoms with Gasteiger partial charge in [0.1, 0.15) is 0 Å². The molecule has 0 saturated heterocycles. The van der Waals surface area contributed by atoms with Crippen molar-refractivity contribution >= 4 is 33.4 Å². The van der Waals surface area contributed by atoms with E-state index in [9.17, 15) is 10.1 Å². The third-order valence-electron chi connectivity index (χ3n) is 3.76. The first-order valence-corrected chi connectivity index (χ1v) is 8.87. The van der Waals surface area contributed by atoms with Crippen LogP contribution in [0.5, 0.6) is 0 Å². The van der Waals surface area contributed by atoms with E-state index in [1.165, 1.54) is 25.7 Å². The monoisotopic (exact) mass is 358 g/mol. The lowest BCUT2D eigenvalue weighted by Crippen LogP contribution is -2.34. The Morgan fingerprint density at radius 1 is 1.50 bits per heavy atom. The molecule has 0 aromatic heterocycles. The van der Waals surface area contributed by atoms with Crippen molar-refractivity contribution in [2.45, 2.75) is 43.5 Å². The van der Waals surface area contributed by atoms with Crippen LogP contribution in [0.25, 0.3) is 0 Å². The molecular formula is C14H19BrN2O2S. The Morgan fingerprint density at radius 2 is 2.30 bits per heavy atom. The van der Waals surface area contributed by atoms with Crippen molar-refractivity contribution in [1.82, 2.24) is 5.32 Å². The van der Waals surface area contributed by atoms with Crippen molar-refractivity contribution in [2.75, 3.05) is 6.26 Å². The number of rotatable bonds is 5. The van der Waals surface area contributed by atoms with Crippen LogP contribution in [0.15, 0.2) is 22.7 Å². The Balaban J connectivity index is 1.93. The molecule has 0 spiro atoms. The summed E-state index contributed by atoms with van der Waals surface area (Å²) in [4.78, 5) is 10.6. The van der Waals surface area contributed by atoms with Crippen LogP contribution in [-0.4, -0.2) is 22.5 Å². The number of hydrogen-bond donors (Lipinski definition) is 1. The number of benzene rings is 1. The zero-order valence-electron chi connectivity index (χ0n) is 11.5. The van der Waals surface area contributed by atoms with Gasteiger partial charge in [-0.3, -0.25) is 10.1 Å². The average molecular weight is 359 g/mol. The van der Waals surface area contributed by atoms with E-state index in [1.807, 2.05) is 17.8 Å². The minimum atomic E-state index is -0.349. The fraction of sp³-hybridized carbons (Fsp3) is 0.571. The van der Waals surface area contributed by atoms with E-state index in [4.69, 9.17) is 0 Å². The highest BCUT2D eigenvalue weighted by molar-refractivity contribution is 9.10. The van der Waals surface area contributed by atoms with Gasteiger partial charge < -0.3 is 5.32 Å². The van der Waals surface area contributed by atoms with Crippen LogP contribution < -0.4 is 5.32 Å². The first kappa shape index (κ1) is 15.8. The van der Waals surface area contributed by atoms with Gasteiger partial charge in [0.05, 0.1) is 9.40 Å². The molecule has 1 N–H and O–H groups in total. The minimum absolute atomic E-state index is 0.134. The van der Waals surface area contributed by atoms with Crippen LogP contribution in [-0.2, 0) is 6.54 Å². The van der Waals surface area contributed by atoms with Crippen molar-refractivity contribution in [1.29, 1.82) is 0 Å². The van der Waals surface area contributed by atoms with E-state index in [0.717, 1.165) is 10.8 Å². The Kier molecular flexibility index (Phi) is 5.86. The molecule has 1 aliphatic carbocycles. The second-order valence-corrected chi connectivity index (χ2v) is 7.14. The van der Waals surface area contributed by atoms with Gasteiger partial charge in [0.25, 0.3) is 5.69 Å². The molecule has 1 aliphatic rings. The Labute approximate surface area is 132 Å². The van der Waals surface area contributed by atoms with E-state index >= 15 is 0 Å². The molecule has 0 radical (unpaired) electrons. The number of nitro groups is 1. The summed E-state index contributed by atoms with van der Waals surface area (Å²) in [5, 5.41) is 15.2. The number of thioether (sulfide) groups is 1. The summed E-state index contributed by atoms with van der Waals surface area (Å²) >= 11 is 5.16. The first-order valence-electron chi connectivity index (χ1n) is 6.79. The standard InChI is InChI=1S/C14H19BrN2O2S/c1-20-12-4-2-3-11(8-12)16-9-10-5-6-13(15)14(7-10)17(18)19/h5-7,11-12,16H,2-4,8-9H2,1H3/t11-,12-/m1/s1. The summed E-state index contributed by atoms with van der Waals surface area (Å²) in [5.41, 5.74) is 1.10. The minimum Gasteiger partial charge on any atom is -0.310 e. The number of nitro benzene ring substituents is 1. The summed E-state index contributed by atoms with van der Waals surface area (Å²) in [6, 6.07) is 5.86. The molecule has 2 atom stereocenters. The molecule has 0 amide bonds. The molecule has 1 fully saturated rings. The maximum absolute atomic E-state index is 10.9. The van der Waals surface area contributed by atoms with Crippen molar-refractivity contribution in [3.63, 3.8) is 0 Å². The SMILES string of the molecule is CS[C@@H]1CCC[C@@H](NCc2ccc(Br)c([N+](=O)[O-])c2)C1. The van der Waals surface area contributed by atoms with Gasteiger partial charge in [-0.25, -0.2) is 0 Å². The zero-order chi connectivity index (χ0) is 14.5. The molecule has 0 heterocycles. The molecular weight excluding hydrogens is 340 g/mol. The lowest BCUT2D eigenvalue weighted by Gasteiger charge is -2.28. The van der Waals surface area contributed by atoms with E-state index in [0.29, 0.717) is 17.1 Å². The lowest BCUT2D eigenvalue weighted by molar-refractivity contribution is -0.385. The van der Waals surface area contributed by atoms with E-state index in [-0.39, 0.29) is 10.6 Å². The predicted molar refractivity (Wildman–Crippen MR) is 87.2 cm³/mol. The summed E-state index contributed by atoms with van der Waals surface area (Å²) in [7, 11) is 0. The highest BCUT2D eigenvalue weighted by atomic mass is 79.9. The van der Waals surface area contributed by atoms with Gasteiger partial charge in [0, 0.05) is 23.9 Å². The van der Waals surface area contributed by atoms with E-state index in [2.05, 4.69) is 27.5 Å². The number of nitrogens with one attached hydrogen (secondary N) is 1. The van der Waals surface area contributed by atoms with Gasteiger partial charge in [-0.05, 0) is 53.1 Å². The number of nitrogens with zero attached hydrogens (tertiary/aromatic N) is 1. The largest absolute Gasteiger partial charge is 0.310 e. The van der Waals surface area contributed by atoms with Crippen LogP contribution >= 0.6 is 27.7 Å². The van der Waals surface area contributed by atoms with Gasteiger partial charge in [-0.15, -0.1) is 0 Å². The highest BCUT2D eigenvalue weighted by Crippen LogP contribution is 2.28. The van der Waals surface area contributed by atoms with Crippen molar-refractivity contribution in [3.05, 3.63) is 38.3 Å². The molecule has 20 heavy (non-hydrogen) atoms. The van der Waals surface area contributed by atoms with E-state index < -0.39 is 0 Å².